The standard InChI is InChI=1S/C14H20O4/c1-3-18-14-7-5-4-6-12(14)13(15)8-9-17-11-10-16-2/h4-7H,3,8-11H2,1-2H3. The van der Waals surface area contributed by atoms with Crippen molar-refractivity contribution < 1.29 is 19.0 Å². The van der Waals surface area contributed by atoms with Gasteiger partial charge in [0.2, 0.25) is 0 Å². The van der Waals surface area contributed by atoms with Crippen LogP contribution in [-0.2, 0) is 9.47 Å². The van der Waals surface area contributed by atoms with Gasteiger partial charge in [-0.15, -0.1) is 0 Å². The third-order valence-corrected chi connectivity index (χ3v) is 2.39. The summed E-state index contributed by atoms with van der Waals surface area (Å²) >= 11 is 0. The van der Waals surface area contributed by atoms with Crippen molar-refractivity contribution in [1.29, 1.82) is 0 Å². The number of para-hydroxylation sites is 1. The Morgan fingerprint density at radius 1 is 1.17 bits per heavy atom. The predicted molar refractivity (Wildman–Crippen MR) is 69.3 cm³/mol. The second-order valence-corrected chi connectivity index (χ2v) is 3.71. The number of carbonyl (C=O) groups is 1. The van der Waals surface area contributed by atoms with E-state index in [2.05, 4.69) is 0 Å². The summed E-state index contributed by atoms with van der Waals surface area (Å²) in [5.41, 5.74) is 0.620. The Kier molecular flexibility index (Phi) is 7.06. The summed E-state index contributed by atoms with van der Waals surface area (Å²) < 4.78 is 15.6. The Morgan fingerprint density at radius 3 is 2.67 bits per heavy atom. The molecule has 0 bridgehead atoms. The van der Waals surface area contributed by atoms with Crippen LogP contribution in [-0.4, -0.2) is 39.3 Å². The first-order chi connectivity index (χ1) is 8.79. The van der Waals surface area contributed by atoms with Crippen LogP contribution in [0.2, 0.25) is 0 Å². The molecule has 0 aromatic heterocycles. The monoisotopic (exact) mass is 252 g/mol. The summed E-state index contributed by atoms with van der Waals surface area (Å²) in [6, 6.07) is 7.28. The zero-order valence-electron chi connectivity index (χ0n) is 11.0. The Hall–Kier alpha value is -1.39. The maximum absolute atomic E-state index is 12.0. The molecule has 1 aromatic carbocycles. The number of hydrogen-bond donors (Lipinski definition) is 0. The van der Waals surface area contributed by atoms with Crippen LogP contribution in [0.1, 0.15) is 23.7 Å². The normalized spacial score (nSPS) is 10.3. The smallest absolute Gasteiger partial charge is 0.168 e. The number of Topliss-reactive ketones (excluding diaryl/α,β-unsaturated/α-hetero) is 1. The van der Waals surface area contributed by atoms with Gasteiger partial charge < -0.3 is 14.2 Å². The van der Waals surface area contributed by atoms with E-state index < -0.39 is 0 Å². The van der Waals surface area contributed by atoms with E-state index >= 15 is 0 Å². The maximum Gasteiger partial charge on any atom is 0.168 e. The zero-order valence-corrected chi connectivity index (χ0v) is 11.0. The average Bonchev–Trinajstić information content (AvgIpc) is 2.39. The van der Waals surface area contributed by atoms with Gasteiger partial charge >= 0.3 is 0 Å². The topological polar surface area (TPSA) is 44.8 Å². The van der Waals surface area contributed by atoms with E-state index in [1.807, 2.05) is 25.1 Å². The van der Waals surface area contributed by atoms with E-state index in [0.717, 1.165) is 0 Å². The van der Waals surface area contributed by atoms with Gasteiger partial charge in [-0.25, -0.2) is 0 Å². The van der Waals surface area contributed by atoms with Crippen LogP contribution in [0.25, 0.3) is 0 Å². The van der Waals surface area contributed by atoms with Crippen LogP contribution in [0.5, 0.6) is 5.75 Å². The van der Waals surface area contributed by atoms with Gasteiger partial charge in [-0.1, -0.05) is 12.1 Å². The van der Waals surface area contributed by atoms with Crippen molar-refractivity contribution >= 4 is 5.78 Å². The summed E-state index contributed by atoms with van der Waals surface area (Å²) in [5, 5.41) is 0. The van der Waals surface area contributed by atoms with E-state index in [4.69, 9.17) is 14.2 Å². The first kappa shape index (κ1) is 14.7. The van der Waals surface area contributed by atoms with Gasteiger partial charge in [0.25, 0.3) is 0 Å². The van der Waals surface area contributed by atoms with Gasteiger partial charge in [-0.2, -0.15) is 0 Å². The second-order valence-electron chi connectivity index (χ2n) is 3.71. The van der Waals surface area contributed by atoms with Gasteiger partial charge in [-0.3, -0.25) is 4.79 Å². The number of ether oxygens (including phenoxy) is 3. The lowest BCUT2D eigenvalue weighted by molar-refractivity contribution is 0.0640. The minimum Gasteiger partial charge on any atom is -0.493 e. The number of benzene rings is 1. The van der Waals surface area contributed by atoms with Crippen molar-refractivity contribution in [3.8, 4) is 5.75 Å². The molecule has 0 atom stereocenters. The lowest BCUT2D eigenvalue weighted by Gasteiger charge is -2.09. The lowest BCUT2D eigenvalue weighted by atomic mass is 10.1. The van der Waals surface area contributed by atoms with Crippen molar-refractivity contribution in [3.63, 3.8) is 0 Å². The Labute approximate surface area is 108 Å². The number of methoxy groups -OCH3 is 1. The fourth-order valence-corrected chi connectivity index (χ4v) is 1.52. The minimum atomic E-state index is 0.0384. The minimum absolute atomic E-state index is 0.0384. The van der Waals surface area contributed by atoms with Crippen LogP contribution in [0, 0.1) is 0 Å². The maximum atomic E-state index is 12.0. The molecule has 0 N–H and O–H groups in total. The number of carbonyl (C=O) groups excluding carboxylic acids is 1. The molecule has 0 spiro atoms. The number of hydrogen-bond acceptors (Lipinski definition) is 4. The Bertz CT molecular complexity index is 363. The van der Waals surface area contributed by atoms with Crippen LogP contribution >= 0.6 is 0 Å². The molecule has 1 aromatic rings. The van der Waals surface area contributed by atoms with Crippen molar-refractivity contribution in [3.05, 3.63) is 29.8 Å². The van der Waals surface area contributed by atoms with Crippen molar-refractivity contribution in [2.75, 3.05) is 33.5 Å². The average molecular weight is 252 g/mol. The first-order valence-electron chi connectivity index (χ1n) is 6.11. The van der Waals surface area contributed by atoms with Crippen LogP contribution in [0.15, 0.2) is 24.3 Å². The predicted octanol–water partition coefficient (Wildman–Crippen LogP) is 2.32. The summed E-state index contributed by atoms with van der Waals surface area (Å²) in [6.07, 6.45) is 0.355. The molecule has 0 fully saturated rings. The summed E-state index contributed by atoms with van der Waals surface area (Å²) in [5.74, 6) is 0.679. The number of rotatable bonds is 9. The van der Waals surface area contributed by atoms with Crippen LogP contribution in [0.4, 0.5) is 0 Å². The van der Waals surface area contributed by atoms with E-state index in [1.54, 1.807) is 13.2 Å². The molecule has 100 valence electrons. The van der Waals surface area contributed by atoms with Crippen molar-refractivity contribution in [2.45, 2.75) is 13.3 Å². The van der Waals surface area contributed by atoms with E-state index in [-0.39, 0.29) is 5.78 Å². The number of ketones is 1. The third kappa shape index (κ3) is 4.85. The van der Waals surface area contributed by atoms with Crippen LogP contribution < -0.4 is 4.74 Å². The highest BCUT2D eigenvalue weighted by atomic mass is 16.5. The molecule has 0 saturated carbocycles. The quantitative estimate of drug-likeness (QED) is 0.500. The van der Waals surface area contributed by atoms with Gasteiger partial charge in [0, 0.05) is 13.5 Å². The molecule has 0 aliphatic rings. The van der Waals surface area contributed by atoms with E-state index in [0.29, 0.717) is 44.2 Å². The molecule has 0 amide bonds. The highest BCUT2D eigenvalue weighted by Gasteiger charge is 2.11. The van der Waals surface area contributed by atoms with Crippen LogP contribution in [0.3, 0.4) is 0 Å². The largest absolute Gasteiger partial charge is 0.493 e. The van der Waals surface area contributed by atoms with Crippen molar-refractivity contribution in [1.82, 2.24) is 0 Å². The molecule has 4 nitrogen and oxygen atoms in total. The zero-order chi connectivity index (χ0) is 13.2. The van der Waals surface area contributed by atoms with Gasteiger partial charge in [0.05, 0.1) is 32.0 Å². The molecule has 1 rings (SSSR count). The Balaban J connectivity index is 2.45. The highest BCUT2D eigenvalue weighted by molar-refractivity contribution is 5.98. The first-order valence-corrected chi connectivity index (χ1v) is 6.11. The molecular formula is C14H20O4. The molecule has 0 radical (unpaired) electrons. The van der Waals surface area contributed by atoms with Gasteiger partial charge in [0.15, 0.2) is 5.78 Å². The SMILES string of the molecule is CCOc1ccccc1C(=O)CCOCCOC. The molecule has 4 heteroatoms. The van der Waals surface area contributed by atoms with Gasteiger partial charge in [-0.05, 0) is 19.1 Å². The Morgan fingerprint density at radius 2 is 1.94 bits per heavy atom. The second kappa shape index (κ2) is 8.66. The summed E-state index contributed by atoms with van der Waals surface area (Å²) in [4.78, 5) is 12.0. The fraction of sp³-hybridized carbons (Fsp3) is 0.500. The molecule has 0 aliphatic carbocycles. The molecule has 0 saturated heterocycles. The van der Waals surface area contributed by atoms with Gasteiger partial charge in [0.1, 0.15) is 5.75 Å². The molecular weight excluding hydrogens is 232 g/mol. The summed E-state index contributed by atoms with van der Waals surface area (Å²) in [6.45, 7) is 3.91. The molecule has 0 heterocycles. The molecule has 18 heavy (non-hydrogen) atoms. The highest BCUT2D eigenvalue weighted by Crippen LogP contribution is 2.19. The lowest BCUT2D eigenvalue weighted by Crippen LogP contribution is -2.09. The molecule has 0 unspecified atom stereocenters. The molecule has 0 aliphatic heterocycles. The fourth-order valence-electron chi connectivity index (χ4n) is 1.52. The third-order valence-electron chi connectivity index (χ3n) is 2.39. The van der Waals surface area contributed by atoms with E-state index in [1.165, 1.54) is 0 Å². The van der Waals surface area contributed by atoms with Crippen molar-refractivity contribution in [2.24, 2.45) is 0 Å². The van der Waals surface area contributed by atoms with E-state index in [9.17, 15) is 4.79 Å². The summed E-state index contributed by atoms with van der Waals surface area (Å²) in [7, 11) is 1.62.